The molecule has 2 N–H and O–H groups in total. The first-order valence-corrected chi connectivity index (χ1v) is 13.9. The Labute approximate surface area is 246 Å². The van der Waals surface area contributed by atoms with E-state index in [0.717, 1.165) is 17.7 Å². The van der Waals surface area contributed by atoms with E-state index in [-0.39, 0.29) is 36.5 Å². The number of aromatic nitrogens is 1. The van der Waals surface area contributed by atoms with Crippen LogP contribution >= 0.6 is 0 Å². The lowest BCUT2D eigenvalue weighted by Gasteiger charge is -2.38. The second-order valence-electron chi connectivity index (χ2n) is 11.5. The highest BCUT2D eigenvalue weighted by atomic mass is 19.4. The van der Waals surface area contributed by atoms with Crippen LogP contribution in [0, 0.1) is 18.3 Å². The average Bonchev–Trinajstić information content (AvgIpc) is 3.35. The summed E-state index contributed by atoms with van der Waals surface area (Å²) in [6.45, 7) is 6.55. The topological polar surface area (TPSA) is 115 Å². The fraction of sp³-hybridized carbons (Fsp3) is 0.387. The first-order chi connectivity index (χ1) is 20.3. The van der Waals surface area contributed by atoms with Crippen LogP contribution in [0.25, 0.3) is 5.57 Å². The number of nitrogens with one attached hydrogen (secondary N) is 1. The molecular formula is C31H32F3N5O4. The van der Waals surface area contributed by atoms with Crippen LogP contribution in [0.2, 0.25) is 0 Å². The highest BCUT2D eigenvalue weighted by Crippen LogP contribution is 2.29. The molecule has 1 aromatic heterocycles. The lowest BCUT2D eigenvalue weighted by molar-refractivity contribution is -0.147. The molecule has 1 atom stereocenters. The van der Waals surface area contributed by atoms with Crippen LogP contribution in [0.15, 0.2) is 59.2 Å². The first-order valence-electron chi connectivity index (χ1n) is 13.9. The van der Waals surface area contributed by atoms with E-state index in [1.165, 1.54) is 6.07 Å². The molecule has 2 aliphatic heterocycles. The molecule has 0 spiro atoms. The number of anilines is 1. The number of carbonyl (C=O) groups is 3. The van der Waals surface area contributed by atoms with Gasteiger partial charge >= 0.3 is 6.18 Å². The molecule has 2 aromatic rings. The molecule has 12 heteroatoms. The molecule has 5 rings (SSSR count). The summed E-state index contributed by atoms with van der Waals surface area (Å²) in [6, 6.07) is 6.75. The zero-order valence-corrected chi connectivity index (χ0v) is 24.0. The Morgan fingerprint density at radius 3 is 2.42 bits per heavy atom. The van der Waals surface area contributed by atoms with Crippen molar-refractivity contribution in [1.82, 2.24) is 14.8 Å². The van der Waals surface area contributed by atoms with Crippen molar-refractivity contribution in [3.63, 3.8) is 0 Å². The summed E-state index contributed by atoms with van der Waals surface area (Å²) in [5.41, 5.74) is 0.152. The summed E-state index contributed by atoms with van der Waals surface area (Å²) in [6.07, 6.45) is 1.19. The SMILES string of the molecule is Cc1ccc2c(c1NC(=O)c1cccc(C(F)(F)F)n1)=C1C=CC(CC(=O)N3CCN(C(=O)C(C)(C)CO)CC3)C=C1N=2. The van der Waals surface area contributed by atoms with Crippen molar-refractivity contribution < 1.29 is 32.7 Å². The summed E-state index contributed by atoms with van der Waals surface area (Å²) in [7, 11) is 0. The van der Waals surface area contributed by atoms with E-state index in [1.807, 2.05) is 24.3 Å². The van der Waals surface area contributed by atoms with Crippen molar-refractivity contribution in [2.75, 3.05) is 38.1 Å². The zero-order valence-electron chi connectivity index (χ0n) is 24.0. The highest BCUT2D eigenvalue weighted by molar-refractivity contribution is 6.04. The van der Waals surface area contributed by atoms with Gasteiger partial charge in [-0.05, 0) is 44.5 Å². The lowest BCUT2D eigenvalue weighted by atomic mass is 9.92. The number of allylic oxidation sites excluding steroid dienone is 3. The van der Waals surface area contributed by atoms with Crippen molar-refractivity contribution in [1.29, 1.82) is 0 Å². The number of fused-ring (bicyclic) bond motifs is 2. The third kappa shape index (κ3) is 6.10. The Morgan fingerprint density at radius 2 is 1.74 bits per heavy atom. The zero-order chi connectivity index (χ0) is 31.1. The van der Waals surface area contributed by atoms with Crippen molar-refractivity contribution in [3.05, 3.63) is 81.8 Å². The molecule has 1 aromatic carbocycles. The van der Waals surface area contributed by atoms with Crippen LogP contribution in [0.5, 0.6) is 0 Å². The van der Waals surface area contributed by atoms with Crippen LogP contribution in [0.4, 0.5) is 18.9 Å². The van der Waals surface area contributed by atoms with E-state index in [1.54, 1.807) is 36.6 Å². The standard InChI is InChI=1S/C31H32F3N5O4/c1-18-7-10-21-26(27(18)37-28(42)22-5-4-6-24(36-22)31(32,33)34)20-9-8-19(15-23(20)35-21)16-25(41)38-11-13-39(14-12-38)29(43)30(2,3)17-40/h4-10,15,19,40H,11-14,16-17H2,1-3H3,(H,37,42). The molecule has 3 aliphatic rings. The Morgan fingerprint density at radius 1 is 1.05 bits per heavy atom. The van der Waals surface area contributed by atoms with Gasteiger partial charge in [0.1, 0.15) is 11.4 Å². The lowest BCUT2D eigenvalue weighted by Crippen LogP contribution is -2.54. The van der Waals surface area contributed by atoms with E-state index in [9.17, 15) is 32.7 Å². The molecule has 1 fully saturated rings. The summed E-state index contributed by atoms with van der Waals surface area (Å²) in [4.78, 5) is 50.3. The van der Waals surface area contributed by atoms with Gasteiger partial charge in [0.15, 0.2) is 0 Å². The Hall–Kier alpha value is -4.32. The average molecular weight is 596 g/mol. The van der Waals surface area contributed by atoms with Crippen molar-refractivity contribution in [2.45, 2.75) is 33.4 Å². The summed E-state index contributed by atoms with van der Waals surface area (Å²) in [5.74, 6) is -1.17. The number of pyridine rings is 1. The van der Waals surface area contributed by atoms with Gasteiger partial charge in [-0.1, -0.05) is 30.4 Å². The van der Waals surface area contributed by atoms with Gasteiger partial charge in [0, 0.05) is 49.3 Å². The molecule has 0 bridgehead atoms. The number of hydrogen-bond donors (Lipinski definition) is 2. The van der Waals surface area contributed by atoms with Gasteiger partial charge in [0.05, 0.1) is 28.8 Å². The Bertz CT molecular complexity index is 1670. The third-order valence-corrected chi connectivity index (χ3v) is 7.87. The number of amides is 3. The predicted octanol–water partition coefficient (Wildman–Crippen LogP) is 2.59. The minimum absolute atomic E-state index is 0.0450. The van der Waals surface area contributed by atoms with Crippen LogP contribution in [-0.2, 0) is 15.8 Å². The number of alkyl halides is 3. The van der Waals surface area contributed by atoms with Crippen LogP contribution in [0.1, 0.15) is 42.0 Å². The van der Waals surface area contributed by atoms with Crippen LogP contribution in [0.3, 0.4) is 0 Å². The van der Waals surface area contributed by atoms with Crippen LogP contribution in [-0.4, -0.2) is 70.4 Å². The number of aliphatic hydroxyl groups excluding tert-OH is 1. The van der Waals surface area contributed by atoms with E-state index >= 15 is 0 Å². The number of aliphatic hydroxyl groups is 1. The van der Waals surface area contributed by atoms with Gasteiger partial charge in [0.25, 0.3) is 5.91 Å². The second kappa shape index (κ2) is 11.4. The molecule has 0 saturated carbocycles. The molecule has 3 heterocycles. The first kappa shape index (κ1) is 30.1. The van der Waals surface area contributed by atoms with Gasteiger partial charge in [-0.3, -0.25) is 14.4 Å². The number of rotatable bonds is 6. The van der Waals surface area contributed by atoms with E-state index in [4.69, 9.17) is 4.99 Å². The smallest absolute Gasteiger partial charge is 0.395 e. The van der Waals surface area contributed by atoms with Gasteiger partial charge < -0.3 is 20.2 Å². The van der Waals surface area contributed by atoms with E-state index in [0.29, 0.717) is 53.7 Å². The summed E-state index contributed by atoms with van der Waals surface area (Å²) in [5, 5.41) is 13.5. The summed E-state index contributed by atoms with van der Waals surface area (Å²) >= 11 is 0. The minimum Gasteiger partial charge on any atom is -0.395 e. The highest BCUT2D eigenvalue weighted by Gasteiger charge is 2.35. The Kier molecular flexibility index (Phi) is 7.99. The number of hydrogen-bond acceptors (Lipinski definition) is 6. The number of nitrogens with zero attached hydrogens (tertiary/aromatic N) is 4. The number of halogens is 3. The Balaban J connectivity index is 1.30. The van der Waals surface area contributed by atoms with Gasteiger partial charge in [-0.2, -0.15) is 13.2 Å². The third-order valence-electron chi connectivity index (χ3n) is 7.87. The van der Waals surface area contributed by atoms with Crippen molar-refractivity contribution in [3.8, 4) is 0 Å². The fourth-order valence-electron chi connectivity index (χ4n) is 5.32. The van der Waals surface area contributed by atoms with Crippen molar-refractivity contribution >= 4 is 29.0 Å². The molecule has 1 aliphatic carbocycles. The molecule has 1 saturated heterocycles. The number of aryl methyl sites for hydroxylation is 1. The quantitative estimate of drug-likeness (QED) is 0.533. The van der Waals surface area contributed by atoms with Gasteiger partial charge in [-0.15, -0.1) is 0 Å². The molecule has 3 amide bonds. The molecule has 0 radical (unpaired) electrons. The largest absolute Gasteiger partial charge is 0.433 e. The molecule has 43 heavy (non-hydrogen) atoms. The van der Waals surface area contributed by atoms with Crippen molar-refractivity contribution in [2.24, 2.45) is 16.3 Å². The van der Waals surface area contributed by atoms with E-state index in [2.05, 4.69) is 10.3 Å². The monoisotopic (exact) mass is 595 g/mol. The number of carbonyl (C=O) groups excluding carboxylic acids is 3. The maximum Gasteiger partial charge on any atom is 0.433 e. The van der Waals surface area contributed by atoms with Crippen LogP contribution < -0.4 is 15.9 Å². The normalized spacial score (nSPS) is 18.1. The van der Waals surface area contributed by atoms with E-state index < -0.39 is 23.2 Å². The van der Waals surface area contributed by atoms with Gasteiger partial charge in [0.2, 0.25) is 11.8 Å². The van der Waals surface area contributed by atoms with Gasteiger partial charge in [-0.25, -0.2) is 9.98 Å². The number of benzene rings is 1. The molecule has 9 nitrogen and oxygen atoms in total. The molecule has 226 valence electrons. The molecular weight excluding hydrogens is 563 g/mol. The second-order valence-corrected chi connectivity index (χ2v) is 11.5. The summed E-state index contributed by atoms with van der Waals surface area (Å²) < 4.78 is 39.4. The predicted molar refractivity (Wildman–Crippen MR) is 152 cm³/mol. The fourth-order valence-corrected chi connectivity index (χ4v) is 5.32. The molecule has 1 unspecified atom stereocenters. The maximum atomic E-state index is 13.1. The minimum atomic E-state index is -4.68. The number of piperazine rings is 1. The maximum absolute atomic E-state index is 13.1.